The van der Waals surface area contributed by atoms with E-state index >= 15 is 0 Å². The first kappa shape index (κ1) is 14.8. The largest absolute Gasteiger partial charge is 0.481 e. The Morgan fingerprint density at radius 1 is 1.50 bits per heavy atom. The average molecular weight is 304 g/mol. The van der Waals surface area contributed by atoms with E-state index in [-0.39, 0.29) is 0 Å². The molecule has 22 heavy (non-hydrogen) atoms. The summed E-state index contributed by atoms with van der Waals surface area (Å²) in [5.74, 6) is -0.569. The summed E-state index contributed by atoms with van der Waals surface area (Å²) in [7, 11) is 0. The number of rotatable bonds is 4. The third-order valence-electron chi connectivity index (χ3n) is 4.30. The predicted molar refractivity (Wildman–Crippen MR) is 78.4 cm³/mol. The minimum Gasteiger partial charge on any atom is -0.481 e. The fourth-order valence-corrected chi connectivity index (χ4v) is 3.10. The Balaban J connectivity index is 1.89. The van der Waals surface area contributed by atoms with E-state index in [2.05, 4.69) is 15.0 Å². The summed E-state index contributed by atoms with van der Waals surface area (Å²) < 4.78 is 7.12. The summed E-state index contributed by atoms with van der Waals surface area (Å²) >= 11 is 0. The quantitative estimate of drug-likeness (QED) is 0.925. The van der Waals surface area contributed by atoms with Gasteiger partial charge in [0.15, 0.2) is 0 Å². The van der Waals surface area contributed by atoms with Crippen LogP contribution in [0.1, 0.15) is 41.2 Å². The molecule has 0 radical (unpaired) electrons. The van der Waals surface area contributed by atoms with Gasteiger partial charge in [0.2, 0.25) is 0 Å². The number of aliphatic carboxylic acids is 1. The van der Waals surface area contributed by atoms with Gasteiger partial charge < -0.3 is 14.2 Å². The predicted octanol–water partition coefficient (Wildman–Crippen LogP) is 1.69. The number of nitrogens with zero attached hydrogens (tertiary/aromatic N) is 4. The van der Waals surface area contributed by atoms with E-state index in [9.17, 15) is 9.90 Å². The normalized spacial score (nSPS) is 18.4. The Hall–Kier alpha value is -2.15. The van der Waals surface area contributed by atoms with E-state index in [1.807, 2.05) is 25.3 Å². The van der Waals surface area contributed by atoms with Crippen LogP contribution in [0, 0.1) is 13.8 Å². The number of fused-ring (bicyclic) bond motifs is 1. The van der Waals surface area contributed by atoms with Crippen molar-refractivity contribution in [1.82, 2.24) is 19.6 Å². The molecule has 0 bridgehead atoms. The summed E-state index contributed by atoms with van der Waals surface area (Å²) in [4.78, 5) is 18.2. The fourth-order valence-electron chi connectivity index (χ4n) is 3.10. The maximum Gasteiger partial charge on any atom is 0.313 e. The van der Waals surface area contributed by atoms with Crippen molar-refractivity contribution in [2.24, 2.45) is 0 Å². The number of carboxylic acid groups (broad SMARTS) is 1. The number of aryl methyl sites for hydroxylation is 3. The summed E-state index contributed by atoms with van der Waals surface area (Å²) in [5, 5.41) is 13.5. The maximum atomic E-state index is 11.7. The molecule has 0 amide bonds. The second kappa shape index (κ2) is 5.57. The van der Waals surface area contributed by atoms with E-state index in [4.69, 9.17) is 4.52 Å². The molecule has 0 saturated heterocycles. The van der Waals surface area contributed by atoms with E-state index in [1.54, 1.807) is 6.33 Å². The zero-order valence-corrected chi connectivity index (χ0v) is 13.0. The Bertz CT molecular complexity index is 684. The third-order valence-corrected chi connectivity index (χ3v) is 4.30. The van der Waals surface area contributed by atoms with Crippen molar-refractivity contribution in [3.8, 4) is 0 Å². The van der Waals surface area contributed by atoms with E-state index < -0.39 is 11.9 Å². The minimum atomic E-state index is -0.806. The van der Waals surface area contributed by atoms with Crippen LogP contribution in [0.25, 0.3) is 0 Å². The molecular formula is C15H20N4O3. The Kier molecular flexibility index (Phi) is 3.74. The zero-order chi connectivity index (χ0) is 15.9. The van der Waals surface area contributed by atoms with Crippen LogP contribution in [0.4, 0.5) is 0 Å². The molecule has 3 heterocycles. The lowest BCUT2D eigenvalue weighted by atomic mass is 9.97. The van der Waals surface area contributed by atoms with Gasteiger partial charge in [0.1, 0.15) is 11.7 Å². The van der Waals surface area contributed by atoms with Crippen LogP contribution in [0.15, 0.2) is 10.9 Å². The van der Waals surface area contributed by atoms with E-state index in [0.29, 0.717) is 19.6 Å². The van der Waals surface area contributed by atoms with Crippen LogP contribution in [0.3, 0.4) is 0 Å². The van der Waals surface area contributed by atoms with Crippen LogP contribution in [0.2, 0.25) is 0 Å². The Morgan fingerprint density at radius 2 is 2.27 bits per heavy atom. The van der Waals surface area contributed by atoms with Gasteiger partial charge in [0.25, 0.3) is 0 Å². The van der Waals surface area contributed by atoms with Gasteiger partial charge >= 0.3 is 5.97 Å². The number of carbonyl (C=O) groups is 1. The highest BCUT2D eigenvalue weighted by atomic mass is 16.5. The third kappa shape index (κ3) is 2.41. The van der Waals surface area contributed by atoms with Gasteiger partial charge in [-0.2, -0.15) is 0 Å². The molecule has 1 aliphatic heterocycles. The molecule has 7 nitrogen and oxygen atoms in total. The number of carboxylic acids is 1. The lowest BCUT2D eigenvalue weighted by Crippen LogP contribution is -2.37. The first-order valence-corrected chi connectivity index (χ1v) is 7.42. The number of imidazole rings is 1. The van der Waals surface area contributed by atoms with Crippen LogP contribution < -0.4 is 0 Å². The monoisotopic (exact) mass is 304 g/mol. The molecule has 0 aliphatic carbocycles. The maximum absolute atomic E-state index is 11.7. The Morgan fingerprint density at radius 3 is 2.86 bits per heavy atom. The van der Waals surface area contributed by atoms with Crippen LogP contribution >= 0.6 is 0 Å². The standard InChI is InChI=1S/C15H20N4O3/c1-4-19-8-16-13-7-18(6-12(14(13)19)15(20)21)5-11-9(2)17-22-10(11)3/h8,12H,4-7H2,1-3H3,(H,20,21). The van der Waals surface area contributed by atoms with Crippen molar-refractivity contribution < 1.29 is 14.4 Å². The molecule has 0 spiro atoms. The van der Waals surface area contributed by atoms with Crippen LogP contribution in [0.5, 0.6) is 0 Å². The van der Waals surface area contributed by atoms with Crippen molar-refractivity contribution in [1.29, 1.82) is 0 Å². The summed E-state index contributed by atoms with van der Waals surface area (Å²) in [5.41, 5.74) is 3.58. The second-order valence-corrected chi connectivity index (χ2v) is 5.73. The number of hydrogen-bond acceptors (Lipinski definition) is 5. The summed E-state index contributed by atoms with van der Waals surface area (Å²) in [6.45, 7) is 8.26. The molecular weight excluding hydrogens is 284 g/mol. The molecule has 7 heteroatoms. The molecule has 2 aromatic rings. The first-order chi connectivity index (χ1) is 10.5. The molecule has 1 unspecified atom stereocenters. The van der Waals surface area contributed by atoms with E-state index in [0.717, 1.165) is 35.0 Å². The first-order valence-electron chi connectivity index (χ1n) is 7.42. The minimum absolute atomic E-state index is 0.470. The smallest absolute Gasteiger partial charge is 0.313 e. The van der Waals surface area contributed by atoms with Gasteiger partial charge in [-0.3, -0.25) is 9.69 Å². The van der Waals surface area contributed by atoms with Gasteiger partial charge in [-0.25, -0.2) is 4.98 Å². The summed E-state index contributed by atoms with van der Waals surface area (Å²) in [6, 6.07) is 0. The number of hydrogen-bond donors (Lipinski definition) is 1. The van der Waals surface area contributed by atoms with Gasteiger partial charge in [-0.15, -0.1) is 0 Å². The molecule has 2 aromatic heterocycles. The van der Waals surface area contributed by atoms with Crippen molar-refractivity contribution in [2.45, 2.75) is 46.3 Å². The summed E-state index contributed by atoms with van der Waals surface area (Å²) in [6.07, 6.45) is 1.74. The molecule has 1 N–H and O–H groups in total. The van der Waals surface area contributed by atoms with Gasteiger partial charge in [-0.1, -0.05) is 5.16 Å². The topological polar surface area (TPSA) is 84.4 Å². The van der Waals surface area contributed by atoms with Gasteiger partial charge in [0, 0.05) is 31.7 Å². The number of aromatic nitrogens is 3. The SMILES string of the molecule is CCn1cnc2c1C(C(=O)O)CN(Cc1c(C)noc1C)C2. The van der Waals surface area contributed by atoms with Crippen LogP contribution in [-0.4, -0.2) is 37.2 Å². The van der Waals surface area contributed by atoms with Gasteiger partial charge in [0.05, 0.1) is 23.4 Å². The van der Waals surface area contributed by atoms with Gasteiger partial charge in [-0.05, 0) is 20.8 Å². The highest BCUT2D eigenvalue weighted by Gasteiger charge is 2.34. The lowest BCUT2D eigenvalue weighted by molar-refractivity contribution is -0.139. The molecule has 1 atom stereocenters. The Labute approximate surface area is 128 Å². The molecule has 0 aromatic carbocycles. The highest BCUT2D eigenvalue weighted by molar-refractivity contribution is 5.76. The average Bonchev–Trinajstić information content (AvgIpc) is 3.04. The molecule has 0 saturated carbocycles. The van der Waals surface area contributed by atoms with Crippen molar-refractivity contribution >= 4 is 5.97 Å². The van der Waals surface area contributed by atoms with Crippen molar-refractivity contribution in [3.05, 3.63) is 34.7 Å². The molecule has 3 rings (SSSR count). The highest BCUT2D eigenvalue weighted by Crippen LogP contribution is 2.29. The molecule has 118 valence electrons. The second-order valence-electron chi connectivity index (χ2n) is 5.73. The molecule has 1 aliphatic rings. The van der Waals surface area contributed by atoms with Crippen molar-refractivity contribution in [2.75, 3.05) is 6.54 Å². The fraction of sp³-hybridized carbons (Fsp3) is 0.533. The van der Waals surface area contributed by atoms with Crippen LogP contribution in [-0.2, 0) is 24.4 Å². The molecule has 0 fully saturated rings. The van der Waals surface area contributed by atoms with E-state index in [1.165, 1.54) is 0 Å². The lowest BCUT2D eigenvalue weighted by Gasteiger charge is -2.31. The zero-order valence-electron chi connectivity index (χ0n) is 13.0. The van der Waals surface area contributed by atoms with Crippen molar-refractivity contribution in [3.63, 3.8) is 0 Å².